The molecule has 94 valence electrons. The second-order valence-corrected chi connectivity index (χ2v) is 4.43. The number of nitrogens with one attached hydrogen (secondary N) is 1. The van der Waals surface area contributed by atoms with Gasteiger partial charge in [0.05, 0.1) is 10.7 Å². The first kappa shape index (κ1) is 12.8. The van der Waals surface area contributed by atoms with E-state index < -0.39 is 11.6 Å². The van der Waals surface area contributed by atoms with Crippen LogP contribution in [0.3, 0.4) is 0 Å². The molecule has 0 aliphatic rings. The number of halogens is 3. The Bertz CT molecular complexity index is 557. The van der Waals surface area contributed by atoms with Crippen LogP contribution in [0.1, 0.15) is 18.5 Å². The quantitative estimate of drug-likeness (QED) is 0.843. The summed E-state index contributed by atoms with van der Waals surface area (Å²) in [4.78, 5) is 0. The van der Waals surface area contributed by atoms with Gasteiger partial charge in [-0.15, -0.1) is 0 Å². The molecular formula is C14H12ClF2N. The van der Waals surface area contributed by atoms with Gasteiger partial charge in [0.15, 0.2) is 11.6 Å². The molecule has 0 fully saturated rings. The number of anilines is 1. The van der Waals surface area contributed by atoms with Gasteiger partial charge in [-0.1, -0.05) is 29.8 Å². The van der Waals surface area contributed by atoms with Crippen molar-refractivity contribution < 1.29 is 8.78 Å². The van der Waals surface area contributed by atoms with E-state index >= 15 is 0 Å². The molecule has 0 saturated heterocycles. The SMILES string of the molecule is CC(Nc1ccccc1Cl)c1ccc(F)c(F)c1. The highest BCUT2D eigenvalue weighted by Gasteiger charge is 2.10. The lowest BCUT2D eigenvalue weighted by molar-refractivity contribution is 0.506. The van der Waals surface area contributed by atoms with Gasteiger partial charge in [0.2, 0.25) is 0 Å². The molecule has 2 rings (SSSR count). The minimum absolute atomic E-state index is 0.167. The molecule has 4 heteroatoms. The van der Waals surface area contributed by atoms with Crippen molar-refractivity contribution >= 4 is 17.3 Å². The van der Waals surface area contributed by atoms with Crippen LogP contribution in [0.15, 0.2) is 42.5 Å². The fraction of sp³-hybridized carbons (Fsp3) is 0.143. The van der Waals surface area contributed by atoms with Crippen LogP contribution in [0.4, 0.5) is 14.5 Å². The number of benzene rings is 2. The summed E-state index contributed by atoms with van der Waals surface area (Å²) in [5.41, 5.74) is 1.42. The first-order valence-corrected chi connectivity index (χ1v) is 5.91. The zero-order valence-corrected chi connectivity index (χ0v) is 10.5. The largest absolute Gasteiger partial charge is 0.377 e. The fourth-order valence-corrected chi connectivity index (χ4v) is 1.87. The average Bonchev–Trinajstić information content (AvgIpc) is 2.35. The maximum Gasteiger partial charge on any atom is 0.159 e. The molecular weight excluding hydrogens is 256 g/mol. The zero-order chi connectivity index (χ0) is 13.1. The lowest BCUT2D eigenvalue weighted by atomic mass is 10.1. The lowest BCUT2D eigenvalue weighted by Crippen LogP contribution is -2.07. The second-order valence-electron chi connectivity index (χ2n) is 4.02. The third kappa shape index (κ3) is 2.79. The molecule has 2 aromatic carbocycles. The van der Waals surface area contributed by atoms with Gasteiger partial charge in [0, 0.05) is 6.04 Å². The fourth-order valence-electron chi connectivity index (χ4n) is 1.68. The minimum atomic E-state index is -0.847. The van der Waals surface area contributed by atoms with Crippen molar-refractivity contribution in [1.82, 2.24) is 0 Å². The van der Waals surface area contributed by atoms with Crippen LogP contribution in [0, 0.1) is 11.6 Å². The highest BCUT2D eigenvalue weighted by atomic mass is 35.5. The molecule has 0 aliphatic heterocycles. The van der Waals surface area contributed by atoms with E-state index in [0.29, 0.717) is 10.6 Å². The summed E-state index contributed by atoms with van der Waals surface area (Å²) in [5.74, 6) is -1.69. The number of rotatable bonds is 3. The van der Waals surface area contributed by atoms with Crippen molar-refractivity contribution in [2.24, 2.45) is 0 Å². The van der Waals surface area contributed by atoms with Gasteiger partial charge in [-0.2, -0.15) is 0 Å². The Kier molecular flexibility index (Phi) is 3.82. The summed E-state index contributed by atoms with van der Waals surface area (Å²) >= 11 is 6.02. The molecule has 0 amide bonds. The van der Waals surface area contributed by atoms with Crippen molar-refractivity contribution in [2.45, 2.75) is 13.0 Å². The molecule has 1 nitrogen and oxygen atoms in total. The van der Waals surface area contributed by atoms with Gasteiger partial charge >= 0.3 is 0 Å². The molecule has 1 unspecified atom stereocenters. The first-order valence-electron chi connectivity index (χ1n) is 5.54. The van der Waals surface area contributed by atoms with Crippen LogP contribution < -0.4 is 5.32 Å². The second kappa shape index (κ2) is 5.36. The molecule has 0 aliphatic carbocycles. The van der Waals surface area contributed by atoms with E-state index in [9.17, 15) is 8.78 Å². The molecule has 2 aromatic rings. The van der Waals surface area contributed by atoms with E-state index in [1.807, 2.05) is 25.1 Å². The van der Waals surface area contributed by atoms with Crippen molar-refractivity contribution in [3.05, 3.63) is 64.7 Å². The summed E-state index contributed by atoms with van der Waals surface area (Å²) in [6.07, 6.45) is 0. The summed E-state index contributed by atoms with van der Waals surface area (Å²) in [5, 5.41) is 3.74. The van der Waals surface area contributed by atoms with Gasteiger partial charge in [-0.25, -0.2) is 8.78 Å². The first-order chi connectivity index (χ1) is 8.58. The molecule has 18 heavy (non-hydrogen) atoms. The van der Waals surface area contributed by atoms with Crippen LogP contribution in [-0.2, 0) is 0 Å². The molecule has 0 radical (unpaired) electrons. The Morgan fingerprint density at radius 1 is 1.06 bits per heavy atom. The van der Waals surface area contributed by atoms with Gasteiger partial charge in [-0.3, -0.25) is 0 Å². The Morgan fingerprint density at radius 2 is 1.78 bits per heavy atom. The minimum Gasteiger partial charge on any atom is -0.377 e. The molecule has 0 aromatic heterocycles. The van der Waals surface area contributed by atoms with E-state index in [2.05, 4.69) is 5.32 Å². The lowest BCUT2D eigenvalue weighted by Gasteiger charge is -2.16. The van der Waals surface area contributed by atoms with Crippen molar-refractivity contribution in [1.29, 1.82) is 0 Å². The maximum absolute atomic E-state index is 13.1. The highest BCUT2D eigenvalue weighted by molar-refractivity contribution is 6.33. The highest BCUT2D eigenvalue weighted by Crippen LogP contribution is 2.26. The van der Waals surface area contributed by atoms with Crippen LogP contribution in [0.2, 0.25) is 5.02 Å². The van der Waals surface area contributed by atoms with E-state index in [1.54, 1.807) is 12.1 Å². The molecule has 0 bridgehead atoms. The van der Waals surface area contributed by atoms with E-state index in [4.69, 9.17) is 11.6 Å². The van der Waals surface area contributed by atoms with Crippen LogP contribution in [-0.4, -0.2) is 0 Å². The van der Waals surface area contributed by atoms with Crippen molar-refractivity contribution in [2.75, 3.05) is 5.32 Å². The molecule has 0 spiro atoms. The summed E-state index contributed by atoms with van der Waals surface area (Å²) in [6.45, 7) is 1.86. The summed E-state index contributed by atoms with van der Waals surface area (Å²) < 4.78 is 26.0. The Morgan fingerprint density at radius 3 is 2.44 bits per heavy atom. The van der Waals surface area contributed by atoms with Crippen LogP contribution in [0.5, 0.6) is 0 Å². The zero-order valence-electron chi connectivity index (χ0n) is 9.75. The topological polar surface area (TPSA) is 12.0 Å². The van der Waals surface area contributed by atoms with E-state index in [-0.39, 0.29) is 6.04 Å². The molecule has 0 heterocycles. The third-order valence-electron chi connectivity index (χ3n) is 2.69. The Hall–Kier alpha value is -1.61. The van der Waals surface area contributed by atoms with Crippen molar-refractivity contribution in [3.63, 3.8) is 0 Å². The molecule has 1 atom stereocenters. The van der Waals surface area contributed by atoms with Gasteiger partial charge < -0.3 is 5.32 Å². The molecule has 1 N–H and O–H groups in total. The van der Waals surface area contributed by atoms with Crippen molar-refractivity contribution in [3.8, 4) is 0 Å². The van der Waals surface area contributed by atoms with E-state index in [1.165, 1.54) is 6.07 Å². The predicted octanol–water partition coefficient (Wildman–Crippen LogP) is 4.79. The van der Waals surface area contributed by atoms with Crippen LogP contribution in [0.25, 0.3) is 0 Å². The van der Waals surface area contributed by atoms with Crippen LogP contribution >= 0.6 is 11.6 Å². The average molecular weight is 268 g/mol. The smallest absolute Gasteiger partial charge is 0.159 e. The third-order valence-corrected chi connectivity index (χ3v) is 3.02. The van der Waals surface area contributed by atoms with Gasteiger partial charge in [0.25, 0.3) is 0 Å². The normalized spacial score (nSPS) is 12.2. The number of hydrogen-bond donors (Lipinski definition) is 1. The van der Waals surface area contributed by atoms with Gasteiger partial charge in [-0.05, 0) is 36.8 Å². The van der Waals surface area contributed by atoms with Gasteiger partial charge in [0.1, 0.15) is 0 Å². The van der Waals surface area contributed by atoms with E-state index in [0.717, 1.165) is 11.8 Å². The summed E-state index contributed by atoms with van der Waals surface area (Å²) in [6, 6.07) is 11.0. The number of para-hydroxylation sites is 1. The Labute approximate surface area is 109 Å². The Balaban J connectivity index is 2.19. The number of hydrogen-bond acceptors (Lipinski definition) is 1. The predicted molar refractivity (Wildman–Crippen MR) is 69.8 cm³/mol. The molecule has 0 saturated carbocycles. The maximum atomic E-state index is 13.1. The standard InChI is InChI=1S/C14H12ClF2N/c1-9(10-6-7-12(16)13(17)8-10)18-14-5-3-2-4-11(14)15/h2-9,18H,1H3. The monoisotopic (exact) mass is 267 g/mol. The summed E-state index contributed by atoms with van der Waals surface area (Å²) in [7, 11) is 0.